The van der Waals surface area contributed by atoms with Gasteiger partial charge in [0, 0.05) is 18.8 Å². The maximum absolute atomic E-state index is 14.2. The maximum atomic E-state index is 14.2. The molecule has 7 nitrogen and oxygen atoms in total. The molecule has 11 heteroatoms. The van der Waals surface area contributed by atoms with Crippen LogP contribution in [0.25, 0.3) is 21.9 Å². The van der Waals surface area contributed by atoms with Crippen LogP contribution in [-0.2, 0) is 22.2 Å². The lowest BCUT2D eigenvalue weighted by atomic mass is 9.88. The second-order valence-corrected chi connectivity index (χ2v) is 13.0. The molecule has 0 aliphatic heterocycles. The molecular formula is C37H41F4N3O4. The Kier molecular flexibility index (Phi) is 11.1. The minimum absolute atomic E-state index is 0.0131. The summed E-state index contributed by atoms with van der Waals surface area (Å²) >= 11 is 0. The quantitative estimate of drug-likeness (QED) is 0.153. The number of aryl methyl sites for hydroxylation is 2. The van der Waals surface area contributed by atoms with Crippen molar-refractivity contribution in [3.05, 3.63) is 105 Å². The van der Waals surface area contributed by atoms with Gasteiger partial charge in [-0.1, -0.05) is 38.1 Å². The zero-order valence-corrected chi connectivity index (χ0v) is 27.9. The van der Waals surface area contributed by atoms with Gasteiger partial charge in [-0.05, 0) is 115 Å². The number of carboxylic acids is 1. The molecule has 0 unspecified atom stereocenters. The number of hydrogen-bond donors (Lipinski definition) is 2. The van der Waals surface area contributed by atoms with Gasteiger partial charge in [0.05, 0.1) is 18.0 Å². The van der Waals surface area contributed by atoms with Crippen molar-refractivity contribution in [1.82, 2.24) is 14.8 Å². The van der Waals surface area contributed by atoms with E-state index < -0.39 is 47.7 Å². The smallest absolute Gasteiger partial charge is 0.416 e. The zero-order valence-electron chi connectivity index (χ0n) is 27.9. The standard InChI is InChI=1S/C37H41F4N3O4/c1-21(2)13-32(44-20-25(11-12-43(5)6)30(18-33(44)45)37(39,40)41)36(48)42-31(19-34(46)47)29-17-26(16-24-9-7-8-10-28(24)29)35-22(3)14-27(38)15-23(35)4/h7-10,14-18,20-21,31-32H,11-13,19H2,1-6H3,(H,42,48)(H,46,47)/t31-,32+/m0/s1. The van der Waals surface area contributed by atoms with Gasteiger partial charge in [-0.3, -0.25) is 14.4 Å². The van der Waals surface area contributed by atoms with Gasteiger partial charge in [-0.15, -0.1) is 0 Å². The van der Waals surface area contributed by atoms with Gasteiger partial charge in [0.2, 0.25) is 5.91 Å². The molecule has 0 aliphatic carbocycles. The molecule has 0 spiro atoms. The number of alkyl halides is 3. The Balaban J connectivity index is 1.86. The summed E-state index contributed by atoms with van der Waals surface area (Å²) < 4.78 is 57.1. The lowest BCUT2D eigenvalue weighted by Gasteiger charge is -2.27. The Labute approximate surface area is 277 Å². The Bertz CT molecular complexity index is 1860. The summed E-state index contributed by atoms with van der Waals surface area (Å²) in [6.45, 7) is 7.48. The number of fused-ring (bicyclic) bond motifs is 1. The fourth-order valence-corrected chi connectivity index (χ4v) is 6.26. The average Bonchev–Trinajstić information content (AvgIpc) is 2.97. The van der Waals surface area contributed by atoms with E-state index in [4.69, 9.17) is 0 Å². The fourth-order valence-electron chi connectivity index (χ4n) is 6.26. The third kappa shape index (κ3) is 8.49. The second-order valence-electron chi connectivity index (χ2n) is 13.0. The minimum Gasteiger partial charge on any atom is -0.481 e. The minimum atomic E-state index is -4.77. The normalized spacial score (nSPS) is 13.2. The van der Waals surface area contributed by atoms with E-state index in [9.17, 15) is 37.1 Å². The van der Waals surface area contributed by atoms with Gasteiger partial charge in [0.15, 0.2) is 0 Å². The largest absolute Gasteiger partial charge is 0.481 e. The van der Waals surface area contributed by atoms with Gasteiger partial charge in [0.25, 0.3) is 5.56 Å². The first kappa shape index (κ1) is 36.3. The van der Waals surface area contributed by atoms with Gasteiger partial charge in [-0.2, -0.15) is 13.2 Å². The van der Waals surface area contributed by atoms with Crippen LogP contribution in [0.15, 0.2) is 65.6 Å². The molecule has 256 valence electrons. The fraction of sp³-hybridized carbons (Fsp3) is 0.378. The number of aliphatic carboxylic acids is 1. The van der Waals surface area contributed by atoms with Gasteiger partial charge in [0.1, 0.15) is 11.9 Å². The van der Waals surface area contributed by atoms with Crippen molar-refractivity contribution >= 4 is 22.6 Å². The summed E-state index contributed by atoms with van der Waals surface area (Å²) in [5.74, 6) is -2.42. The zero-order chi connectivity index (χ0) is 35.5. The summed E-state index contributed by atoms with van der Waals surface area (Å²) in [6, 6.07) is 12.1. The molecule has 2 N–H and O–H groups in total. The van der Waals surface area contributed by atoms with E-state index in [2.05, 4.69) is 5.32 Å². The molecule has 1 aromatic heterocycles. The number of amides is 1. The van der Waals surface area contributed by atoms with Gasteiger partial charge >= 0.3 is 12.1 Å². The number of carbonyl (C=O) groups excluding carboxylic acids is 1. The van der Waals surface area contributed by atoms with Crippen molar-refractivity contribution in [3.63, 3.8) is 0 Å². The number of benzene rings is 3. The molecule has 0 radical (unpaired) electrons. The molecule has 4 aromatic rings. The van der Waals surface area contributed by atoms with Crippen LogP contribution in [0.2, 0.25) is 0 Å². The molecule has 0 saturated carbocycles. The van der Waals surface area contributed by atoms with Crippen LogP contribution in [0.5, 0.6) is 0 Å². The van der Waals surface area contributed by atoms with E-state index in [0.717, 1.165) is 21.7 Å². The third-order valence-electron chi connectivity index (χ3n) is 8.38. The lowest BCUT2D eigenvalue weighted by molar-refractivity contribution is -0.139. The predicted molar refractivity (Wildman–Crippen MR) is 178 cm³/mol. The first-order valence-corrected chi connectivity index (χ1v) is 15.7. The Hall–Kier alpha value is -4.51. The van der Waals surface area contributed by atoms with Gasteiger partial charge in [-0.25, -0.2) is 4.39 Å². The molecule has 48 heavy (non-hydrogen) atoms. The Morgan fingerprint density at radius 1 is 1.00 bits per heavy atom. The number of carbonyl (C=O) groups is 2. The van der Waals surface area contributed by atoms with Crippen LogP contribution in [0.3, 0.4) is 0 Å². The van der Waals surface area contributed by atoms with Crippen LogP contribution >= 0.6 is 0 Å². The summed E-state index contributed by atoms with van der Waals surface area (Å²) in [5.41, 5.74) is 1.16. The van der Waals surface area contributed by atoms with Crippen molar-refractivity contribution in [2.24, 2.45) is 5.92 Å². The Morgan fingerprint density at radius 3 is 2.23 bits per heavy atom. The van der Waals surface area contributed by atoms with Crippen molar-refractivity contribution < 1.29 is 32.3 Å². The number of carboxylic acid groups (broad SMARTS) is 1. The van der Waals surface area contributed by atoms with Crippen molar-refractivity contribution in [2.45, 2.75) is 65.2 Å². The molecule has 3 aromatic carbocycles. The summed E-state index contributed by atoms with van der Waals surface area (Å²) in [6.07, 6.45) is -4.07. The molecule has 1 heterocycles. The summed E-state index contributed by atoms with van der Waals surface area (Å²) in [4.78, 5) is 41.3. The number of hydrogen-bond acceptors (Lipinski definition) is 4. The highest BCUT2D eigenvalue weighted by atomic mass is 19.4. The molecular weight excluding hydrogens is 626 g/mol. The predicted octanol–water partition coefficient (Wildman–Crippen LogP) is 7.47. The van der Waals surface area contributed by atoms with E-state index in [-0.39, 0.29) is 36.7 Å². The van der Waals surface area contributed by atoms with Crippen LogP contribution < -0.4 is 10.9 Å². The van der Waals surface area contributed by atoms with Gasteiger partial charge < -0.3 is 19.9 Å². The molecule has 0 saturated heterocycles. The monoisotopic (exact) mass is 667 g/mol. The molecule has 2 atom stereocenters. The highest BCUT2D eigenvalue weighted by Gasteiger charge is 2.36. The molecule has 1 amide bonds. The average molecular weight is 668 g/mol. The van der Waals surface area contributed by atoms with Crippen molar-refractivity contribution in [3.8, 4) is 11.1 Å². The topological polar surface area (TPSA) is 91.6 Å². The highest BCUT2D eigenvalue weighted by molar-refractivity contribution is 5.93. The van der Waals surface area contributed by atoms with E-state index in [1.807, 2.05) is 38.1 Å². The van der Waals surface area contributed by atoms with E-state index in [1.165, 1.54) is 12.1 Å². The number of aromatic nitrogens is 1. The van der Waals surface area contributed by atoms with Crippen molar-refractivity contribution in [1.29, 1.82) is 0 Å². The van der Waals surface area contributed by atoms with Crippen LogP contribution in [-0.4, -0.2) is 47.1 Å². The van der Waals surface area contributed by atoms with Crippen LogP contribution in [0.1, 0.15) is 66.6 Å². The Morgan fingerprint density at radius 2 is 1.65 bits per heavy atom. The van der Waals surface area contributed by atoms with E-state index in [1.54, 1.807) is 45.0 Å². The maximum Gasteiger partial charge on any atom is 0.416 e. The number of rotatable bonds is 12. The van der Waals surface area contributed by atoms with Crippen LogP contribution in [0, 0.1) is 25.6 Å². The summed E-state index contributed by atoms with van der Waals surface area (Å²) in [7, 11) is 3.44. The number of nitrogens with one attached hydrogen (secondary N) is 1. The SMILES string of the molecule is Cc1cc(F)cc(C)c1-c1cc([C@H](CC(=O)O)NC(=O)[C@@H](CC(C)C)n2cc(CCN(C)C)c(C(F)(F)F)cc2=O)c2ccccc2c1. The third-order valence-corrected chi connectivity index (χ3v) is 8.38. The molecule has 0 aliphatic rings. The number of likely N-dealkylation sites (N-methyl/N-ethyl adjacent to an activating group) is 1. The molecule has 4 rings (SSSR count). The first-order chi connectivity index (χ1) is 22.5. The number of nitrogens with zero attached hydrogens (tertiary/aromatic N) is 2. The van der Waals surface area contributed by atoms with E-state index in [0.29, 0.717) is 33.7 Å². The molecule has 0 fully saturated rings. The summed E-state index contributed by atoms with van der Waals surface area (Å²) in [5, 5.41) is 14.3. The van der Waals surface area contributed by atoms with Crippen LogP contribution in [0.4, 0.5) is 17.6 Å². The second kappa shape index (κ2) is 14.7. The number of pyridine rings is 1. The molecule has 0 bridgehead atoms. The lowest BCUT2D eigenvalue weighted by Crippen LogP contribution is -2.40. The first-order valence-electron chi connectivity index (χ1n) is 15.7. The van der Waals surface area contributed by atoms with Crippen molar-refractivity contribution in [2.75, 3.05) is 20.6 Å². The number of halogens is 4. The van der Waals surface area contributed by atoms with E-state index >= 15 is 0 Å². The highest BCUT2D eigenvalue weighted by Crippen LogP contribution is 2.36.